The standard InChI is InChI=1S/C14H27N3O/c1-14(2,11-15)13(18)17-9-7-16(8-10-17)12-5-3-4-6-12/h12H,3-11,15H2,1-2H3. The van der Waals surface area contributed by atoms with Gasteiger partial charge in [-0.25, -0.2) is 0 Å². The van der Waals surface area contributed by atoms with Crippen LogP contribution in [-0.4, -0.2) is 54.5 Å². The number of rotatable bonds is 3. The molecule has 0 aromatic rings. The van der Waals surface area contributed by atoms with E-state index >= 15 is 0 Å². The van der Waals surface area contributed by atoms with Gasteiger partial charge in [-0.15, -0.1) is 0 Å². The molecule has 1 aliphatic heterocycles. The maximum absolute atomic E-state index is 12.3. The highest BCUT2D eigenvalue weighted by molar-refractivity contribution is 5.82. The number of carbonyl (C=O) groups excluding carboxylic acids is 1. The fourth-order valence-corrected chi connectivity index (χ4v) is 3.07. The molecule has 0 bridgehead atoms. The predicted octanol–water partition coefficient (Wildman–Crippen LogP) is 1.06. The summed E-state index contributed by atoms with van der Waals surface area (Å²) in [5.41, 5.74) is 5.28. The van der Waals surface area contributed by atoms with Crippen LogP contribution in [0, 0.1) is 5.41 Å². The van der Waals surface area contributed by atoms with Gasteiger partial charge in [0, 0.05) is 38.8 Å². The zero-order valence-corrected chi connectivity index (χ0v) is 11.8. The second-order valence-corrected chi connectivity index (χ2v) is 6.35. The van der Waals surface area contributed by atoms with Gasteiger partial charge in [0.1, 0.15) is 0 Å². The van der Waals surface area contributed by atoms with Crippen molar-refractivity contribution in [3.63, 3.8) is 0 Å². The molecule has 0 atom stereocenters. The van der Waals surface area contributed by atoms with Crippen LogP contribution in [0.25, 0.3) is 0 Å². The normalized spacial score (nSPS) is 23.6. The van der Waals surface area contributed by atoms with Crippen molar-refractivity contribution in [1.82, 2.24) is 9.80 Å². The monoisotopic (exact) mass is 253 g/mol. The second kappa shape index (κ2) is 5.57. The van der Waals surface area contributed by atoms with E-state index in [4.69, 9.17) is 5.73 Å². The summed E-state index contributed by atoms with van der Waals surface area (Å²) in [6, 6.07) is 0.782. The maximum Gasteiger partial charge on any atom is 0.229 e. The van der Waals surface area contributed by atoms with Crippen LogP contribution in [-0.2, 0) is 4.79 Å². The van der Waals surface area contributed by atoms with Gasteiger partial charge in [-0.2, -0.15) is 0 Å². The molecular formula is C14H27N3O. The van der Waals surface area contributed by atoms with Crippen LogP contribution < -0.4 is 5.73 Å². The van der Waals surface area contributed by atoms with Gasteiger partial charge in [-0.3, -0.25) is 9.69 Å². The van der Waals surface area contributed by atoms with Crippen LogP contribution in [0.15, 0.2) is 0 Å². The minimum absolute atomic E-state index is 0.219. The number of hydrogen-bond acceptors (Lipinski definition) is 3. The first-order valence-electron chi connectivity index (χ1n) is 7.28. The third-order valence-electron chi connectivity index (χ3n) is 4.53. The third kappa shape index (κ3) is 2.86. The fourth-order valence-electron chi connectivity index (χ4n) is 3.07. The highest BCUT2D eigenvalue weighted by atomic mass is 16.2. The molecule has 1 saturated heterocycles. The number of carbonyl (C=O) groups is 1. The van der Waals surface area contributed by atoms with Gasteiger partial charge in [0.25, 0.3) is 0 Å². The lowest BCUT2D eigenvalue weighted by atomic mass is 9.91. The van der Waals surface area contributed by atoms with E-state index in [9.17, 15) is 4.79 Å². The van der Waals surface area contributed by atoms with E-state index in [1.807, 2.05) is 18.7 Å². The van der Waals surface area contributed by atoms with Crippen molar-refractivity contribution in [2.75, 3.05) is 32.7 Å². The minimum atomic E-state index is -0.407. The van der Waals surface area contributed by atoms with Gasteiger partial charge in [-0.1, -0.05) is 12.8 Å². The van der Waals surface area contributed by atoms with E-state index in [2.05, 4.69) is 4.90 Å². The molecule has 18 heavy (non-hydrogen) atoms. The third-order valence-corrected chi connectivity index (χ3v) is 4.53. The van der Waals surface area contributed by atoms with Crippen molar-refractivity contribution in [2.24, 2.45) is 11.1 Å². The van der Waals surface area contributed by atoms with Crippen molar-refractivity contribution in [2.45, 2.75) is 45.6 Å². The Balaban J connectivity index is 1.84. The van der Waals surface area contributed by atoms with Crippen LogP contribution in [0.1, 0.15) is 39.5 Å². The molecule has 0 unspecified atom stereocenters. The molecule has 104 valence electrons. The molecule has 0 spiro atoms. The molecule has 4 nitrogen and oxygen atoms in total. The summed E-state index contributed by atoms with van der Waals surface area (Å²) >= 11 is 0. The molecule has 0 radical (unpaired) electrons. The Labute approximate surface area is 110 Å². The Morgan fingerprint density at radius 2 is 1.72 bits per heavy atom. The Bertz CT molecular complexity index is 289. The lowest BCUT2D eigenvalue weighted by Crippen LogP contribution is -2.55. The molecule has 2 aliphatic rings. The van der Waals surface area contributed by atoms with Crippen molar-refractivity contribution >= 4 is 5.91 Å². The van der Waals surface area contributed by atoms with E-state index in [1.54, 1.807) is 0 Å². The molecule has 1 saturated carbocycles. The Morgan fingerprint density at radius 3 is 2.22 bits per heavy atom. The van der Waals surface area contributed by atoms with E-state index in [0.29, 0.717) is 6.54 Å². The second-order valence-electron chi connectivity index (χ2n) is 6.35. The molecule has 0 aromatic heterocycles. The van der Waals surface area contributed by atoms with Gasteiger partial charge in [0.2, 0.25) is 5.91 Å². The lowest BCUT2D eigenvalue weighted by Gasteiger charge is -2.40. The van der Waals surface area contributed by atoms with E-state index in [1.165, 1.54) is 25.7 Å². The van der Waals surface area contributed by atoms with E-state index in [-0.39, 0.29) is 5.91 Å². The van der Waals surface area contributed by atoms with Gasteiger partial charge in [0.05, 0.1) is 5.41 Å². The largest absolute Gasteiger partial charge is 0.340 e. The summed E-state index contributed by atoms with van der Waals surface area (Å²) in [7, 11) is 0. The molecule has 2 rings (SSSR count). The summed E-state index contributed by atoms with van der Waals surface area (Å²) < 4.78 is 0. The zero-order chi connectivity index (χ0) is 13.2. The highest BCUT2D eigenvalue weighted by Crippen LogP contribution is 2.25. The summed E-state index contributed by atoms with van der Waals surface area (Å²) in [5.74, 6) is 0.219. The summed E-state index contributed by atoms with van der Waals surface area (Å²) in [4.78, 5) is 16.9. The number of nitrogens with two attached hydrogens (primary N) is 1. The maximum atomic E-state index is 12.3. The smallest absolute Gasteiger partial charge is 0.229 e. The zero-order valence-electron chi connectivity index (χ0n) is 11.8. The Hall–Kier alpha value is -0.610. The minimum Gasteiger partial charge on any atom is -0.340 e. The molecule has 2 fully saturated rings. The highest BCUT2D eigenvalue weighted by Gasteiger charge is 2.34. The van der Waals surface area contributed by atoms with Crippen molar-refractivity contribution in [3.8, 4) is 0 Å². The lowest BCUT2D eigenvalue weighted by molar-refractivity contribution is -0.142. The number of nitrogens with zero attached hydrogens (tertiary/aromatic N) is 2. The van der Waals surface area contributed by atoms with Crippen molar-refractivity contribution < 1.29 is 4.79 Å². The summed E-state index contributed by atoms with van der Waals surface area (Å²) in [5, 5.41) is 0. The number of amides is 1. The first kappa shape index (κ1) is 13.8. The Morgan fingerprint density at radius 1 is 1.17 bits per heavy atom. The quantitative estimate of drug-likeness (QED) is 0.818. The van der Waals surface area contributed by atoms with Gasteiger partial charge in [-0.05, 0) is 26.7 Å². The van der Waals surface area contributed by atoms with Crippen molar-refractivity contribution in [3.05, 3.63) is 0 Å². The molecule has 4 heteroatoms. The fraction of sp³-hybridized carbons (Fsp3) is 0.929. The molecule has 1 heterocycles. The van der Waals surface area contributed by atoms with Gasteiger partial charge in [0.15, 0.2) is 0 Å². The molecule has 0 aromatic carbocycles. The topological polar surface area (TPSA) is 49.6 Å². The summed E-state index contributed by atoms with van der Waals surface area (Å²) in [6.07, 6.45) is 5.46. The number of piperazine rings is 1. The SMILES string of the molecule is CC(C)(CN)C(=O)N1CCN(C2CCCC2)CC1. The molecular weight excluding hydrogens is 226 g/mol. The molecule has 2 N–H and O–H groups in total. The van der Waals surface area contributed by atoms with Crippen LogP contribution >= 0.6 is 0 Å². The molecule has 1 aliphatic carbocycles. The van der Waals surface area contributed by atoms with Crippen molar-refractivity contribution in [1.29, 1.82) is 0 Å². The first-order valence-corrected chi connectivity index (χ1v) is 7.28. The summed E-state index contributed by atoms with van der Waals surface area (Å²) in [6.45, 7) is 8.14. The average molecular weight is 253 g/mol. The average Bonchev–Trinajstić information content (AvgIpc) is 2.92. The van der Waals surface area contributed by atoms with E-state index < -0.39 is 5.41 Å². The predicted molar refractivity (Wildman–Crippen MR) is 73.2 cm³/mol. The first-order chi connectivity index (χ1) is 8.54. The van der Waals surface area contributed by atoms with Crippen LogP contribution in [0.2, 0.25) is 0 Å². The Kier molecular flexibility index (Phi) is 4.28. The molecule has 1 amide bonds. The van der Waals surface area contributed by atoms with E-state index in [0.717, 1.165) is 32.2 Å². The van der Waals surface area contributed by atoms with Crippen LogP contribution in [0.5, 0.6) is 0 Å². The van der Waals surface area contributed by atoms with Gasteiger partial charge < -0.3 is 10.6 Å². The number of hydrogen-bond donors (Lipinski definition) is 1. The van der Waals surface area contributed by atoms with Crippen LogP contribution in [0.3, 0.4) is 0 Å². The van der Waals surface area contributed by atoms with Gasteiger partial charge >= 0.3 is 0 Å². The van der Waals surface area contributed by atoms with Crippen LogP contribution in [0.4, 0.5) is 0 Å².